The van der Waals surface area contributed by atoms with Crippen molar-refractivity contribution in [1.82, 2.24) is 15.3 Å². The number of nitrogens with one attached hydrogen (secondary N) is 1. The fourth-order valence-corrected chi connectivity index (χ4v) is 2.13. The van der Waals surface area contributed by atoms with E-state index in [2.05, 4.69) is 15.3 Å². The largest absolute Gasteiger partial charge is 0.364 e. The molecule has 2 amide bonds. The summed E-state index contributed by atoms with van der Waals surface area (Å²) in [7, 11) is 0. The first-order valence-corrected chi connectivity index (χ1v) is 7.24. The molecule has 0 aliphatic heterocycles. The molecule has 0 radical (unpaired) electrons. The summed E-state index contributed by atoms with van der Waals surface area (Å²) < 4.78 is 26.0. The highest BCUT2D eigenvalue weighted by Crippen LogP contribution is 2.11. The topological polar surface area (TPSA) is 98.0 Å². The third-order valence-corrected chi connectivity index (χ3v) is 3.37. The Bertz CT molecular complexity index is 767. The molecular formula is C16H16F2N4O2. The van der Waals surface area contributed by atoms with Gasteiger partial charge in [0.05, 0.1) is 0 Å². The molecule has 0 fully saturated rings. The zero-order valence-corrected chi connectivity index (χ0v) is 12.9. The Kier molecular flexibility index (Phi) is 5.51. The molecule has 126 valence electrons. The van der Waals surface area contributed by atoms with Gasteiger partial charge in [0.1, 0.15) is 0 Å². The highest BCUT2D eigenvalue weighted by Gasteiger charge is 2.19. The summed E-state index contributed by atoms with van der Waals surface area (Å²) >= 11 is 0. The first kappa shape index (κ1) is 17.5. The van der Waals surface area contributed by atoms with Crippen molar-refractivity contribution >= 4 is 11.8 Å². The Labute approximate surface area is 137 Å². The average Bonchev–Trinajstić information content (AvgIpc) is 2.55. The number of halogens is 2. The summed E-state index contributed by atoms with van der Waals surface area (Å²) in [6, 6.07) is 3.39. The lowest BCUT2D eigenvalue weighted by Crippen LogP contribution is -2.35. The summed E-state index contributed by atoms with van der Waals surface area (Å²) in [6.07, 6.45) is 3.49. The zero-order valence-electron chi connectivity index (χ0n) is 12.9. The minimum atomic E-state index is -0.908. The van der Waals surface area contributed by atoms with Gasteiger partial charge in [-0.25, -0.2) is 18.7 Å². The summed E-state index contributed by atoms with van der Waals surface area (Å²) in [4.78, 5) is 31.0. The van der Waals surface area contributed by atoms with Crippen molar-refractivity contribution in [3.8, 4) is 0 Å². The van der Waals surface area contributed by atoms with E-state index in [0.717, 1.165) is 12.1 Å². The molecular weight excluding hydrogens is 318 g/mol. The predicted octanol–water partition coefficient (Wildman–Crippen LogP) is 1.60. The quantitative estimate of drug-likeness (QED) is 0.838. The number of amides is 2. The van der Waals surface area contributed by atoms with Crippen molar-refractivity contribution in [3.63, 3.8) is 0 Å². The predicted molar refractivity (Wildman–Crippen MR) is 82.2 cm³/mol. The smallest absolute Gasteiger partial charge is 0.272 e. The Balaban J connectivity index is 1.97. The molecule has 1 aromatic heterocycles. The van der Waals surface area contributed by atoms with Gasteiger partial charge in [-0.1, -0.05) is 6.07 Å². The SMILES string of the molecule is C[C@H](CCc1ccc(F)c(F)c1)NC(=O)c1nccnc1C(N)=O. The maximum absolute atomic E-state index is 13.2. The molecule has 6 nitrogen and oxygen atoms in total. The van der Waals surface area contributed by atoms with Crippen LogP contribution in [0.3, 0.4) is 0 Å². The monoisotopic (exact) mass is 334 g/mol. The maximum Gasteiger partial charge on any atom is 0.272 e. The fourth-order valence-electron chi connectivity index (χ4n) is 2.13. The first-order valence-electron chi connectivity index (χ1n) is 7.24. The number of carbonyl (C=O) groups excluding carboxylic acids is 2. The van der Waals surface area contributed by atoms with Crippen LogP contribution in [0.2, 0.25) is 0 Å². The minimum Gasteiger partial charge on any atom is -0.364 e. The number of nitrogens with two attached hydrogens (primary N) is 1. The van der Waals surface area contributed by atoms with Gasteiger partial charge < -0.3 is 11.1 Å². The van der Waals surface area contributed by atoms with Crippen LogP contribution in [0.4, 0.5) is 8.78 Å². The van der Waals surface area contributed by atoms with Gasteiger partial charge in [-0.15, -0.1) is 0 Å². The van der Waals surface area contributed by atoms with Crippen LogP contribution in [0.15, 0.2) is 30.6 Å². The van der Waals surface area contributed by atoms with Gasteiger partial charge in [0, 0.05) is 18.4 Å². The molecule has 8 heteroatoms. The van der Waals surface area contributed by atoms with E-state index in [-0.39, 0.29) is 17.4 Å². The summed E-state index contributed by atoms with van der Waals surface area (Å²) in [5, 5.41) is 2.67. The molecule has 0 saturated heterocycles. The zero-order chi connectivity index (χ0) is 17.7. The molecule has 24 heavy (non-hydrogen) atoms. The van der Waals surface area contributed by atoms with Crippen molar-refractivity contribution in [2.45, 2.75) is 25.8 Å². The number of rotatable bonds is 6. The van der Waals surface area contributed by atoms with Crippen LogP contribution in [0.25, 0.3) is 0 Å². The van der Waals surface area contributed by atoms with Crippen LogP contribution >= 0.6 is 0 Å². The van der Waals surface area contributed by atoms with Crippen molar-refractivity contribution in [1.29, 1.82) is 0 Å². The van der Waals surface area contributed by atoms with Gasteiger partial charge >= 0.3 is 0 Å². The van der Waals surface area contributed by atoms with Crippen LogP contribution in [0, 0.1) is 11.6 Å². The van der Waals surface area contributed by atoms with Gasteiger partial charge in [0.25, 0.3) is 11.8 Å². The molecule has 2 aromatic rings. The third-order valence-electron chi connectivity index (χ3n) is 3.37. The molecule has 0 aliphatic rings. The van der Waals surface area contributed by atoms with Crippen molar-refractivity contribution in [2.75, 3.05) is 0 Å². The Morgan fingerprint density at radius 1 is 1.17 bits per heavy atom. The summed E-state index contributed by atoms with van der Waals surface area (Å²) in [5.41, 5.74) is 5.42. The lowest BCUT2D eigenvalue weighted by molar-refractivity contribution is 0.0916. The molecule has 0 spiro atoms. The second-order valence-electron chi connectivity index (χ2n) is 5.28. The van der Waals surface area contributed by atoms with Gasteiger partial charge in [-0.05, 0) is 37.5 Å². The van der Waals surface area contributed by atoms with E-state index in [1.165, 1.54) is 18.5 Å². The van der Waals surface area contributed by atoms with E-state index in [1.54, 1.807) is 6.92 Å². The third kappa shape index (κ3) is 4.31. The first-order chi connectivity index (χ1) is 11.4. The number of carbonyl (C=O) groups is 2. The van der Waals surface area contributed by atoms with Crippen molar-refractivity contribution in [3.05, 3.63) is 59.2 Å². The number of aryl methyl sites for hydroxylation is 1. The Morgan fingerprint density at radius 3 is 2.46 bits per heavy atom. The van der Waals surface area contributed by atoms with E-state index >= 15 is 0 Å². The van der Waals surface area contributed by atoms with E-state index < -0.39 is 23.4 Å². The molecule has 2 rings (SSSR count). The molecule has 0 unspecified atom stereocenters. The van der Waals surface area contributed by atoms with Crippen LogP contribution in [0.1, 0.15) is 39.9 Å². The van der Waals surface area contributed by atoms with Gasteiger partial charge in [-0.2, -0.15) is 0 Å². The molecule has 1 aromatic carbocycles. The highest BCUT2D eigenvalue weighted by atomic mass is 19.2. The van der Waals surface area contributed by atoms with Crippen molar-refractivity contribution < 1.29 is 18.4 Å². The van der Waals surface area contributed by atoms with Crippen LogP contribution < -0.4 is 11.1 Å². The van der Waals surface area contributed by atoms with Gasteiger partial charge in [0.2, 0.25) is 0 Å². The normalized spacial score (nSPS) is 11.8. The van der Waals surface area contributed by atoms with Crippen LogP contribution in [0.5, 0.6) is 0 Å². The molecule has 0 bridgehead atoms. The average molecular weight is 334 g/mol. The summed E-state index contributed by atoms with van der Waals surface area (Å²) in [5.74, 6) is -3.23. The van der Waals surface area contributed by atoms with E-state index in [9.17, 15) is 18.4 Å². The van der Waals surface area contributed by atoms with Crippen LogP contribution in [-0.2, 0) is 6.42 Å². The standard InChI is InChI=1S/C16H16F2N4O2/c1-9(2-3-10-4-5-11(17)12(18)8-10)22-16(24)14-13(15(19)23)20-6-7-21-14/h4-9H,2-3H2,1H3,(H2,19,23)(H,22,24)/t9-/m1/s1. The van der Waals surface area contributed by atoms with Crippen molar-refractivity contribution in [2.24, 2.45) is 5.73 Å². The minimum absolute atomic E-state index is 0.148. The number of hydrogen-bond donors (Lipinski definition) is 2. The molecule has 1 heterocycles. The van der Waals surface area contributed by atoms with E-state index in [0.29, 0.717) is 18.4 Å². The molecule has 3 N–H and O–H groups in total. The number of hydrogen-bond acceptors (Lipinski definition) is 4. The number of nitrogens with zero attached hydrogens (tertiary/aromatic N) is 2. The second-order valence-corrected chi connectivity index (χ2v) is 5.28. The molecule has 0 aliphatic carbocycles. The van der Waals surface area contributed by atoms with E-state index in [1.807, 2.05) is 0 Å². The Hall–Kier alpha value is -2.90. The highest BCUT2D eigenvalue weighted by molar-refractivity contribution is 6.03. The number of aromatic nitrogens is 2. The second kappa shape index (κ2) is 7.58. The molecule has 1 atom stereocenters. The lowest BCUT2D eigenvalue weighted by Gasteiger charge is -2.14. The lowest BCUT2D eigenvalue weighted by atomic mass is 10.1. The van der Waals surface area contributed by atoms with E-state index in [4.69, 9.17) is 5.73 Å². The maximum atomic E-state index is 13.2. The van der Waals surface area contributed by atoms with Gasteiger partial charge in [0.15, 0.2) is 23.0 Å². The summed E-state index contributed by atoms with van der Waals surface area (Å²) in [6.45, 7) is 1.75. The number of benzene rings is 1. The van der Waals surface area contributed by atoms with Gasteiger partial charge in [-0.3, -0.25) is 9.59 Å². The Morgan fingerprint density at radius 2 is 1.83 bits per heavy atom. The fraction of sp³-hybridized carbons (Fsp3) is 0.250. The molecule has 0 saturated carbocycles. The number of primary amides is 1. The van der Waals surface area contributed by atoms with Crippen LogP contribution in [-0.4, -0.2) is 27.8 Å².